The first-order chi connectivity index (χ1) is 8.33. The van der Waals surface area contributed by atoms with Crippen molar-refractivity contribution in [3.63, 3.8) is 0 Å². The van der Waals surface area contributed by atoms with Crippen LogP contribution in [0.5, 0.6) is 0 Å². The van der Waals surface area contributed by atoms with Crippen molar-refractivity contribution in [3.8, 4) is 0 Å². The summed E-state index contributed by atoms with van der Waals surface area (Å²) in [5, 5.41) is 0. The highest BCUT2D eigenvalue weighted by Crippen LogP contribution is 2.06. The molecule has 17 heavy (non-hydrogen) atoms. The minimum absolute atomic E-state index is 1.10. The quantitative estimate of drug-likeness (QED) is 0.788. The normalized spacial score (nSPS) is 13.8. The van der Waals surface area contributed by atoms with Crippen LogP contribution in [0, 0.1) is 0 Å². The van der Waals surface area contributed by atoms with Gasteiger partial charge in [-0.25, -0.2) is 0 Å². The maximum absolute atomic E-state index is 3.78. The number of hydrogen-bond acceptors (Lipinski definition) is 2. The van der Waals surface area contributed by atoms with E-state index in [1.807, 2.05) is 18.2 Å². The van der Waals surface area contributed by atoms with Crippen molar-refractivity contribution in [3.05, 3.63) is 54.5 Å². The predicted octanol–water partition coefficient (Wildman–Crippen LogP) is 3.64. The maximum Gasteiger partial charge on any atom is 0.0359 e. The maximum atomic E-state index is 3.78. The summed E-state index contributed by atoms with van der Waals surface area (Å²) in [6, 6.07) is 5.72. The molecule has 0 saturated carbocycles. The highest BCUT2D eigenvalue weighted by atomic mass is 15.1. The molecule has 0 N–H and O–H groups in total. The van der Waals surface area contributed by atoms with Crippen molar-refractivity contribution in [1.82, 2.24) is 9.88 Å². The van der Waals surface area contributed by atoms with Crippen molar-refractivity contribution in [1.29, 1.82) is 0 Å². The summed E-state index contributed by atoms with van der Waals surface area (Å²) >= 11 is 0. The summed E-state index contributed by atoms with van der Waals surface area (Å²) in [5.74, 6) is 0. The zero-order valence-electron chi connectivity index (χ0n) is 10.8. The van der Waals surface area contributed by atoms with Gasteiger partial charge in [0.1, 0.15) is 0 Å². The Balaban J connectivity index is 0.000000202. The second-order valence-electron chi connectivity index (χ2n) is 4.14. The van der Waals surface area contributed by atoms with Gasteiger partial charge in [-0.2, -0.15) is 0 Å². The first kappa shape index (κ1) is 13.5. The summed E-state index contributed by atoms with van der Waals surface area (Å²) in [6.45, 7) is 6.68. The average molecular weight is 230 g/mol. The molecule has 2 nitrogen and oxygen atoms in total. The van der Waals surface area contributed by atoms with Crippen LogP contribution in [0.15, 0.2) is 54.5 Å². The van der Waals surface area contributed by atoms with Crippen molar-refractivity contribution in [2.24, 2.45) is 0 Å². The second kappa shape index (κ2) is 8.57. The van der Waals surface area contributed by atoms with Crippen LogP contribution in [0.3, 0.4) is 0 Å². The van der Waals surface area contributed by atoms with Crippen LogP contribution in [0.1, 0.15) is 26.7 Å². The molecule has 0 bridgehead atoms. The van der Waals surface area contributed by atoms with Gasteiger partial charge in [0.25, 0.3) is 0 Å². The third-order valence-corrected chi connectivity index (χ3v) is 2.56. The van der Waals surface area contributed by atoms with Gasteiger partial charge in [0.15, 0.2) is 0 Å². The van der Waals surface area contributed by atoms with E-state index in [0.717, 1.165) is 6.54 Å². The number of rotatable bonds is 3. The van der Waals surface area contributed by atoms with Gasteiger partial charge in [-0.3, -0.25) is 4.98 Å². The first-order valence-electron chi connectivity index (χ1n) is 6.27. The van der Waals surface area contributed by atoms with Gasteiger partial charge in [0, 0.05) is 25.5 Å². The molecule has 0 radical (unpaired) electrons. The molecule has 1 aromatic rings. The minimum atomic E-state index is 1.10. The Kier molecular flexibility index (Phi) is 6.80. The number of hydrogen-bond donors (Lipinski definition) is 0. The summed E-state index contributed by atoms with van der Waals surface area (Å²) in [5.41, 5.74) is 1.39. The number of aromatic nitrogens is 1. The van der Waals surface area contributed by atoms with Gasteiger partial charge < -0.3 is 4.90 Å². The van der Waals surface area contributed by atoms with E-state index in [4.69, 9.17) is 0 Å². The Bertz CT molecular complexity index is 314. The molecule has 2 heteroatoms. The van der Waals surface area contributed by atoms with Gasteiger partial charge in [-0.1, -0.05) is 31.1 Å². The summed E-state index contributed by atoms with van der Waals surface area (Å²) in [7, 11) is 0. The Hall–Kier alpha value is -1.57. The molecule has 0 aromatic carbocycles. The van der Waals surface area contributed by atoms with Gasteiger partial charge in [-0.15, -0.1) is 0 Å². The van der Waals surface area contributed by atoms with E-state index in [0.29, 0.717) is 0 Å². The molecule has 92 valence electrons. The highest BCUT2D eigenvalue weighted by Gasteiger charge is 1.99. The molecule has 1 aromatic heterocycles. The summed E-state index contributed by atoms with van der Waals surface area (Å²) < 4.78 is 0. The molecule has 0 aliphatic carbocycles. The van der Waals surface area contributed by atoms with Gasteiger partial charge >= 0.3 is 0 Å². The highest BCUT2D eigenvalue weighted by molar-refractivity contribution is 5.19. The molecular weight excluding hydrogens is 208 g/mol. The smallest absolute Gasteiger partial charge is 0.0359 e. The molecule has 0 atom stereocenters. The van der Waals surface area contributed by atoms with Crippen LogP contribution in [-0.2, 0) is 0 Å². The molecular formula is C15H22N2. The van der Waals surface area contributed by atoms with E-state index < -0.39 is 0 Å². The monoisotopic (exact) mass is 230 g/mol. The van der Waals surface area contributed by atoms with Crippen LogP contribution >= 0.6 is 0 Å². The molecule has 0 saturated heterocycles. The van der Waals surface area contributed by atoms with E-state index in [2.05, 4.69) is 42.1 Å². The molecule has 0 spiro atoms. The lowest BCUT2D eigenvalue weighted by molar-refractivity contribution is 0.399. The molecule has 2 heterocycles. The van der Waals surface area contributed by atoms with Gasteiger partial charge in [-0.05, 0) is 37.8 Å². The zero-order valence-corrected chi connectivity index (χ0v) is 10.8. The zero-order chi connectivity index (χ0) is 12.3. The fourth-order valence-corrected chi connectivity index (χ4v) is 1.45. The Labute approximate surface area is 105 Å². The van der Waals surface area contributed by atoms with Crippen molar-refractivity contribution < 1.29 is 0 Å². The van der Waals surface area contributed by atoms with Crippen LogP contribution in [-0.4, -0.2) is 23.0 Å². The Morgan fingerprint density at radius 1 is 1.24 bits per heavy atom. The minimum Gasteiger partial charge on any atom is -0.374 e. The molecule has 0 unspecified atom stereocenters. The molecule has 2 rings (SSSR count). The third kappa shape index (κ3) is 6.56. The van der Waals surface area contributed by atoms with E-state index >= 15 is 0 Å². The lowest BCUT2D eigenvalue weighted by atomic mass is 10.2. The molecule has 1 aliphatic heterocycles. The topological polar surface area (TPSA) is 16.1 Å². The number of unbranched alkanes of at least 4 members (excludes halogenated alkanes) is 1. The molecule has 1 aliphatic rings. The SMILES string of the molecule is CCCCN1C=CC(C)=CC1.c1ccncc1. The Morgan fingerprint density at radius 2 is 2.00 bits per heavy atom. The standard InChI is InChI=1S/C10H17N.C5H5N/c1-3-4-7-11-8-5-10(2)6-9-11;1-2-4-6-5-3-1/h5-6,8H,3-4,7,9H2,1-2H3;1-5H. The van der Waals surface area contributed by atoms with E-state index in [-0.39, 0.29) is 0 Å². The van der Waals surface area contributed by atoms with Gasteiger partial charge in [0.05, 0.1) is 0 Å². The average Bonchev–Trinajstić information content (AvgIpc) is 2.41. The lowest BCUT2D eigenvalue weighted by Crippen LogP contribution is -2.20. The number of nitrogens with zero attached hydrogens (tertiary/aromatic N) is 2. The lowest BCUT2D eigenvalue weighted by Gasteiger charge is -2.21. The van der Waals surface area contributed by atoms with Crippen molar-refractivity contribution in [2.75, 3.05) is 13.1 Å². The van der Waals surface area contributed by atoms with E-state index in [1.165, 1.54) is 25.0 Å². The fraction of sp³-hybridized carbons (Fsp3) is 0.400. The summed E-state index contributed by atoms with van der Waals surface area (Å²) in [4.78, 5) is 6.14. The van der Waals surface area contributed by atoms with E-state index in [1.54, 1.807) is 12.4 Å². The van der Waals surface area contributed by atoms with Crippen LogP contribution in [0.2, 0.25) is 0 Å². The molecule has 0 amide bonds. The van der Waals surface area contributed by atoms with Crippen molar-refractivity contribution in [2.45, 2.75) is 26.7 Å². The van der Waals surface area contributed by atoms with E-state index in [9.17, 15) is 0 Å². The number of pyridine rings is 1. The number of allylic oxidation sites excluding steroid dienone is 2. The van der Waals surface area contributed by atoms with Crippen LogP contribution in [0.25, 0.3) is 0 Å². The van der Waals surface area contributed by atoms with Gasteiger partial charge in [0.2, 0.25) is 0 Å². The first-order valence-corrected chi connectivity index (χ1v) is 6.27. The third-order valence-electron chi connectivity index (χ3n) is 2.56. The largest absolute Gasteiger partial charge is 0.374 e. The van der Waals surface area contributed by atoms with Crippen molar-refractivity contribution >= 4 is 0 Å². The fourth-order valence-electron chi connectivity index (χ4n) is 1.45. The van der Waals surface area contributed by atoms with Crippen LogP contribution in [0.4, 0.5) is 0 Å². The second-order valence-corrected chi connectivity index (χ2v) is 4.14. The van der Waals surface area contributed by atoms with Crippen LogP contribution < -0.4 is 0 Å². The Morgan fingerprint density at radius 3 is 2.41 bits per heavy atom. The predicted molar refractivity (Wildman–Crippen MR) is 73.6 cm³/mol. The summed E-state index contributed by atoms with van der Waals surface area (Å²) in [6.07, 6.45) is 12.7. The molecule has 0 fully saturated rings.